The Morgan fingerprint density at radius 1 is 1.53 bits per heavy atom. The Morgan fingerprint density at radius 2 is 2.35 bits per heavy atom. The van der Waals surface area contributed by atoms with Crippen LogP contribution in [0.5, 0.6) is 0 Å². The Balaban J connectivity index is 2.10. The second kappa shape index (κ2) is 5.56. The van der Waals surface area contributed by atoms with E-state index in [4.69, 9.17) is 9.84 Å². The van der Waals surface area contributed by atoms with Crippen LogP contribution in [0.25, 0.3) is 0 Å². The molecule has 1 aliphatic rings. The predicted octanol–water partition coefficient (Wildman–Crippen LogP) is 2.96. The van der Waals surface area contributed by atoms with Gasteiger partial charge in [0, 0.05) is 16.8 Å². The van der Waals surface area contributed by atoms with Crippen molar-refractivity contribution in [1.29, 1.82) is 0 Å². The van der Waals surface area contributed by atoms with E-state index in [9.17, 15) is 4.79 Å². The van der Waals surface area contributed by atoms with Crippen LogP contribution in [-0.4, -0.2) is 29.5 Å². The number of carboxylic acids is 1. The number of aryl methyl sites for hydroxylation is 1. The van der Waals surface area contributed by atoms with Crippen LogP contribution in [-0.2, 0) is 4.74 Å². The molecule has 0 radical (unpaired) electrons. The fourth-order valence-corrected chi connectivity index (χ4v) is 3.07. The van der Waals surface area contributed by atoms with Gasteiger partial charge in [-0.2, -0.15) is 0 Å². The van der Waals surface area contributed by atoms with Crippen LogP contribution >= 0.6 is 11.8 Å². The van der Waals surface area contributed by atoms with Crippen LogP contribution in [0, 0.1) is 6.92 Å². The highest BCUT2D eigenvalue weighted by atomic mass is 32.2. The van der Waals surface area contributed by atoms with Crippen molar-refractivity contribution in [1.82, 2.24) is 0 Å². The number of benzene rings is 1. The van der Waals surface area contributed by atoms with Crippen molar-refractivity contribution in [3.63, 3.8) is 0 Å². The molecule has 2 rings (SSSR count). The third-order valence-corrected chi connectivity index (χ3v) is 4.09. The Kier molecular flexibility index (Phi) is 4.07. The Bertz CT molecular complexity index is 411. The van der Waals surface area contributed by atoms with Gasteiger partial charge in [-0.15, -0.1) is 11.8 Å². The third kappa shape index (κ3) is 3.23. The van der Waals surface area contributed by atoms with Crippen molar-refractivity contribution < 1.29 is 14.6 Å². The van der Waals surface area contributed by atoms with E-state index in [1.165, 1.54) is 0 Å². The highest BCUT2D eigenvalue weighted by molar-refractivity contribution is 8.00. The lowest BCUT2D eigenvalue weighted by Crippen LogP contribution is -2.19. The molecule has 0 bridgehead atoms. The van der Waals surface area contributed by atoms with Crippen LogP contribution in [0.1, 0.15) is 28.8 Å². The number of carbonyl (C=O) groups is 1. The van der Waals surface area contributed by atoms with E-state index in [0.717, 1.165) is 36.5 Å². The van der Waals surface area contributed by atoms with Crippen LogP contribution in [0.3, 0.4) is 0 Å². The molecule has 1 N–H and O–H groups in total. The fraction of sp³-hybridized carbons (Fsp3) is 0.462. The summed E-state index contributed by atoms with van der Waals surface area (Å²) in [5.74, 6) is -0.857. The van der Waals surface area contributed by atoms with E-state index < -0.39 is 5.97 Å². The van der Waals surface area contributed by atoms with E-state index in [1.807, 2.05) is 19.1 Å². The van der Waals surface area contributed by atoms with Crippen LogP contribution in [0.4, 0.5) is 0 Å². The average Bonchev–Trinajstić information content (AvgIpc) is 2.32. The van der Waals surface area contributed by atoms with Crippen molar-refractivity contribution in [2.75, 3.05) is 13.2 Å². The summed E-state index contributed by atoms with van der Waals surface area (Å²) in [5, 5.41) is 9.51. The molecule has 1 unspecified atom stereocenters. The minimum Gasteiger partial charge on any atom is -0.478 e. The summed E-state index contributed by atoms with van der Waals surface area (Å²) in [7, 11) is 0. The number of hydrogen-bond donors (Lipinski definition) is 1. The molecular formula is C13H16O3S. The zero-order valence-corrected chi connectivity index (χ0v) is 10.6. The first-order valence-electron chi connectivity index (χ1n) is 5.75. The Morgan fingerprint density at radius 3 is 3.00 bits per heavy atom. The first kappa shape index (κ1) is 12.5. The van der Waals surface area contributed by atoms with Crippen molar-refractivity contribution in [2.45, 2.75) is 29.9 Å². The molecule has 0 amide bonds. The molecule has 1 saturated heterocycles. The molecule has 1 heterocycles. The molecule has 0 spiro atoms. The van der Waals surface area contributed by atoms with Gasteiger partial charge < -0.3 is 9.84 Å². The molecule has 1 aliphatic heterocycles. The summed E-state index contributed by atoms with van der Waals surface area (Å²) in [6, 6.07) is 5.62. The predicted molar refractivity (Wildman–Crippen MR) is 67.8 cm³/mol. The van der Waals surface area contributed by atoms with Crippen LogP contribution in [0.2, 0.25) is 0 Å². The maximum atomic E-state index is 11.0. The monoisotopic (exact) mass is 252 g/mol. The minimum atomic E-state index is -0.857. The lowest BCUT2D eigenvalue weighted by molar-refractivity contribution is 0.0696. The van der Waals surface area contributed by atoms with Gasteiger partial charge in [0.05, 0.1) is 12.2 Å². The van der Waals surface area contributed by atoms with E-state index in [0.29, 0.717) is 10.8 Å². The molecule has 3 nitrogen and oxygen atoms in total. The fourth-order valence-electron chi connectivity index (χ4n) is 1.90. The SMILES string of the molecule is Cc1ccc(SC2CCCOC2)cc1C(=O)O. The summed E-state index contributed by atoms with van der Waals surface area (Å²) in [5.41, 5.74) is 1.20. The van der Waals surface area contributed by atoms with Gasteiger partial charge in [0.2, 0.25) is 0 Å². The normalized spacial score (nSPS) is 20.2. The maximum absolute atomic E-state index is 11.0. The number of carboxylic acid groups (broad SMARTS) is 1. The highest BCUT2D eigenvalue weighted by Gasteiger charge is 2.16. The van der Waals surface area contributed by atoms with Crippen molar-refractivity contribution >= 4 is 17.7 Å². The summed E-state index contributed by atoms with van der Waals surface area (Å²) in [6.45, 7) is 3.44. The van der Waals surface area contributed by atoms with E-state index in [2.05, 4.69) is 0 Å². The number of thioether (sulfide) groups is 1. The Labute approximate surface area is 105 Å². The second-order valence-corrected chi connectivity index (χ2v) is 5.61. The number of ether oxygens (including phenoxy) is 1. The molecule has 1 atom stereocenters. The van der Waals surface area contributed by atoms with E-state index >= 15 is 0 Å². The molecule has 4 heteroatoms. The topological polar surface area (TPSA) is 46.5 Å². The number of rotatable bonds is 3. The van der Waals surface area contributed by atoms with Crippen molar-refractivity contribution in [2.24, 2.45) is 0 Å². The summed E-state index contributed by atoms with van der Waals surface area (Å²) >= 11 is 1.72. The van der Waals surface area contributed by atoms with Gasteiger partial charge in [-0.05, 0) is 37.5 Å². The highest BCUT2D eigenvalue weighted by Crippen LogP contribution is 2.29. The van der Waals surface area contributed by atoms with Crippen LogP contribution in [0.15, 0.2) is 23.1 Å². The molecule has 92 valence electrons. The van der Waals surface area contributed by atoms with Gasteiger partial charge in [-0.1, -0.05) is 6.07 Å². The summed E-state index contributed by atoms with van der Waals surface area (Å²) < 4.78 is 5.42. The first-order valence-corrected chi connectivity index (χ1v) is 6.63. The van der Waals surface area contributed by atoms with Crippen molar-refractivity contribution in [3.05, 3.63) is 29.3 Å². The van der Waals surface area contributed by atoms with Gasteiger partial charge >= 0.3 is 5.97 Å². The van der Waals surface area contributed by atoms with Crippen LogP contribution < -0.4 is 0 Å². The molecule has 0 saturated carbocycles. The van der Waals surface area contributed by atoms with Gasteiger partial charge in [0.15, 0.2) is 0 Å². The minimum absolute atomic E-state index is 0.395. The quantitative estimate of drug-likeness (QED) is 0.898. The van der Waals surface area contributed by atoms with E-state index in [-0.39, 0.29) is 0 Å². The third-order valence-electron chi connectivity index (χ3n) is 2.86. The smallest absolute Gasteiger partial charge is 0.335 e. The summed E-state index contributed by atoms with van der Waals surface area (Å²) in [4.78, 5) is 12.0. The lowest BCUT2D eigenvalue weighted by Gasteiger charge is -2.21. The molecule has 0 aromatic heterocycles. The molecular weight excluding hydrogens is 236 g/mol. The van der Waals surface area contributed by atoms with Gasteiger partial charge in [-0.3, -0.25) is 0 Å². The number of hydrogen-bond acceptors (Lipinski definition) is 3. The molecule has 1 aromatic carbocycles. The average molecular weight is 252 g/mol. The molecule has 1 fully saturated rings. The van der Waals surface area contributed by atoms with Gasteiger partial charge in [0.25, 0.3) is 0 Å². The van der Waals surface area contributed by atoms with Gasteiger partial charge in [-0.25, -0.2) is 4.79 Å². The number of aromatic carboxylic acids is 1. The molecule has 0 aliphatic carbocycles. The first-order chi connectivity index (χ1) is 8.16. The second-order valence-electron chi connectivity index (χ2n) is 4.24. The van der Waals surface area contributed by atoms with E-state index in [1.54, 1.807) is 17.8 Å². The zero-order valence-electron chi connectivity index (χ0n) is 9.81. The lowest BCUT2D eigenvalue weighted by atomic mass is 10.1. The summed E-state index contributed by atoms with van der Waals surface area (Å²) in [6.07, 6.45) is 2.23. The molecule has 17 heavy (non-hydrogen) atoms. The zero-order chi connectivity index (χ0) is 12.3. The maximum Gasteiger partial charge on any atom is 0.335 e. The molecule has 1 aromatic rings. The Hall–Kier alpha value is -1.00. The standard InChI is InChI=1S/C13H16O3S/c1-9-4-5-10(7-12(9)13(14)15)17-11-3-2-6-16-8-11/h4-5,7,11H,2-3,6,8H2,1H3,(H,14,15). The largest absolute Gasteiger partial charge is 0.478 e. The van der Waals surface area contributed by atoms with Crippen molar-refractivity contribution in [3.8, 4) is 0 Å². The van der Waals surface area contributed by atoms with Gasteiger partial charge in [0.1, 0.15) is 0 Å².